The molecule has 22 heavy (non-hydrogen) atoms. The van der Waals surface area contributed by atoms with E-state index in [1.54, 1.807) is 0 Å². The zero-order valence-corrected chi connectivity index (χ0v) is 13.3. The van der Waals surface area contributed by atoms with E-state index in [4.69, 9.17) is 0 Å². The molecule has 0 spiro atoms. The van der Waals surface area contributed by atoms with Gasteiger partial charge in [-0.25, -0.2) is 0 Å². The van der Waals surface area contributed by atoms with Crippen LogP contribution < -0.4 is 5.32 Å². The van der Waals surface area contributed by atoms with E-state index in [2.05, 4.69) is 11.4 Å². The van der Waals surface area contributed by atoms with E-state index >= 15 is 0 Å². The lowest BCUT2D eigenvalue weighted by Crippen LogP contribution is -2.39. The fourth-order valence-corrected chi connectivity index (χ4v) is 3.00. The van der Waals surface area contributed by atoms with Crippen molar-refractivity contribution < 1.29 is 14.7 Å². The summed E-state index contributed by atoms with van der Waals surface area (Å²) in [5.74, 6) is -2.19. The molecule has 118 valence electrons. The van der Waals surface area contributed by atoms with Crippen LogP contribution in [0.3, 0.4) is 0 Å². The van der Waals surface area contributed by atoms with E-state index in [0.29, 0.717) is 12.8 Å². The van der Waals surface area contributed by atoms with Crippen molar-refractivity contribution in [2.75, 3.05) is 0 Å². The minimum atomic E-state index is -0.899. The van der Waals surface area contributed by atoms with Gasteiger partial charge in [-0.1, -0.05) is 35.9 Å². The summed E-state index contributed by atoms with van der Waals surface area (Å²) in [5, 5.41) is 12.3. The van der Waals surface area contributed by atoms with Crippen LogP contribution >= 0.6 is 0 Å². The lowest BCUT2D eigenvalue weighted by Gasteiger charge is -2.26. The molecule has 0 unspecified atom stereocenters. The number of hydrogen-bond acceptors (Lipinski definition) is 2. The predicted octanol–water partition coefficient (Wildman–Crippen LogP) is 3.15. The number of aliphatic carboxylic acids is 1. The Labute approximate surface area is 131 Å². The number of aryl methyl sites for hydroxylation is 2. The number of carboxylic acid groups (broad SMARTS) is 1. The third-order valence-corrected chi connectivity index (χ3v) is 4.35. The molecular weight excluding hydrogens is 278 g/mol. The quantitative estimate of drug-likeness (QED) is 0.840. The van der Waals surface area contributed by atoms with Crippen LogP contribution in [0.4, 0.5) is 0 Å². The Kier molecular flexibility index (Phi) is 5.01. The van der Waals surface area contributed by atoms with Crippen LogP contribution in [0, 0.1) is 25.7 Å². The number of benzene rings is 1. The Hall–Kier alpha value is -2.10. The Bertz CT molecular complexity index is 606. The number of carbonyl (C=O) groups excluding carboxylic acids is 1. The summed E-state index contributed by atoms with van der Waals surface area (Å²) in [6.07, 6.45) is 4.65. The highest BCUT2D eigenvalue weighted by molar-refractivity contribution is 5.85. The van der Waals surface area contributed by atoms with Crippen molar-refractivity contribution in [3.8, 4) is 0 Å². The van der Waals surface area contributed by atoms with Gasteiger partial charge in [0.05, 0.1) is 17.9 Å². The molecule has 0 aliphatic heterocycles. The fourth-order valence-electron chi connectivity index (χ4n) is 3.00. The molecule has 0 fully saturated rings. The van der Waals surface area contributed by atoms with Crippen LogP contribution in [0.2, 0.25) is 0 Å². The second-order valence-electron chi connectivity index (χ2n) is 6.08. The molecule has 0 heterocycles. The smallest absolute Gasteiger partial charge is 0.307 e. The van der Waals surface area contributed by atoms with Crippen molar-refractivity contribution in [1.82, 2.24) is 5.32 Å². The van der Waals surface area contributed by atoms with Gasteiger partial charge in [0.2, 0.25) is 5.91 Å². The van der Waals surface area contributed by atoms with Gasteiger partial charge in [0, 0.05) is 0 Å². The van der Waals surface area contributed by atoms with Gasteiger partial charge in [0.15, 0.2) is 0 Å². The summed E-state index contributed by atoms with van der Waals surface area (Å²) in [4.78, 5) is 23.8. The Morgan fingerprint density at radius 1 is 1.18 bits per heavy atom. The lowest BCUT2D eigenvalue weighted by molar-refractivity contribution is -0.147. The normalized spacial score (nSPS) is 22.1. The average Bonchev–Trinajstić information content (AvgIpc) is 2.49. The maximum Gasteiger partial charge on any atom is 0.307 e. The first-order valence-electron chi connectivity index (χ1n) is 7.65. The van der Waals surface area contributed by atoms with E-state index in [-0.39, 0.29) is 11.9 Å². The van der Waals surface area contributed by atoms with Gasteiger partial charge in [-0.2, -0.15) is 0 Å². The average molecular weight is 301 g/mol. The van der Waals surface area contributed by atoms with Crippen molar-refractivity contribution in [3.63, 3.8) is 0 Å². The van der Waals surface area contributed by atoms with Crippen LogP contribution in [0.5, 0.6) is 0 Å². The Balaban J connectivity index is 2.12. The van der Waals surface area contributed by atoms with Crippen LogP contribution in [0.25, 0.3) is 0 Å². The monoisotopic (exact) mass is 301 g/mol. The van der Waals surface area contributed by atoms with Gasteiger partial charge >= 0.3 is 5.97 Å². The molecule has 0 radical (unpaired) electrons. The molecule has 0 aromatic heterocycles. The van der Waals surface area contributed by atoms with Crippen molar-refractivity contribution in [1.29, 1.82) is 0 Å². The summed E-state index contributed by atoms with van der Waals surface area (Å²) in [6, 6.07) is 6.01. The molecule has 1 aliphatic carbocycles. The molecule has 4 heteroatoms. The molecular formula is C18H23NO3. The number of nitrogens with one attached hydrogen (secondary N) is 1. The Morgan fingerprint density at radius 3 is 2.45 bits per heavy atom. The highest BCUT2D eigenvalue weighted by Gasteiger charge is 2.34. The van der Waals surface area contributed by atoms with Gasteiger partial charge in [-0.05, 0) is 44.7 Å². The van der Waals surface area contributed by atoms with Gasteiger partial charge < -0.3 is 10.4 Å². The van der Waals surface area contributed by atoms with Gasteiger partial charge in [0.1, 0.15) is 0 Å². The molecule has 1 amide bonds. The van der Waals surface area contributed by atoms with Gasteiger partial charge in [0.25, 0.3) is 0 Å². The van der Waals surface area contributed by atoms with Gasteiger partial charge in [-0.15, -0.1) is 0 Å². The number of rotatable bonds is 4. The predicted molar refractivity (Wildman–Crippen MR) is 85.5 cm³/mol. The van der Waals surface area contributed by atoms with Gasteiger partial charge in [-0.3, -0.25) is 9.59 Å². The van der Waals surface area contributed by atoms with E-state index in [9.17, 15) is 14.7 Å². The highest BCUT2D eigenvalue weighted by Crippen LogP contribution is 2.27. The molecule has 2 N–H and O–H groups in total. The number of carboxylic acids is 1. The molecule has 1 aromatic rings. The number of carbonyl (C=O) groups is 2. The van der Waals surface area contributed by atoms with Crippen LogP contribution in [-0.4, -0.2) is 17.0 Å². The minimum absolute atomic E-state index is 0.132. The molecule has 3 atom stereocenters. The second-order valence-corrected chi connectivity index (χ2v) is 6.08. The van der Waals surface area contributed by atoms with Crippen molar-refractivity contribution in [3.05, 3.63) is 47.0 Å². The fraction of sp³-hybridized carbons (Fsp3) is 0.444. The summed E-state index contributed by atoms with van der Waals surface area (Å²) >= 11 is 0. The largest absolute Gasteiger partial charge is 0.481 e. The topological polar surface area (TPSA) is 66.4 Å². The van der Waals surface area contributed by atoms with Crippen molar-refractivity contribution in [2.45, 2.75) is 39.7 Å². The summed E-state index contributed by atoms with van der Waals surface area (Å²) in [7, 11) is 0. The second kappa shape index (κ2) is 6.77. The summed E-state index contributed by atoms with van der Waals surface area (Å²) < 4.78 is 0. The molecule has 1 aliphatic rings. The van der Waals surface area contributed by atoms with E-state index in [1.807, 2.05) is 45.1 Å². The first-order chi connectivity index (χ1) is 10.4. The van der Waals surface area contributed by atoms with Crippen LogP contribution in [0.15, 0.2) is 30.4 Å². The van der Waals surface area contributed by atoms with E-state index in [1.165, 1.54) is 0 Å². The summed E-state index contributed by atoms with van der Waals surface area (Å²) in [6.45, 7) is 5.97. The molecule has 0 saturated heterocycles. The zero-order chi connectivity index (χ0) is 16.3. The van der Waals surface area contributed by atoms with Crippen LogP contribution in [0.1, 0.15) is 42.5 Å². The van der Waals surface area contributed by atoms with Crippen molar-refractivity contribution in [2.24, 2.45) is 11.8 Å². The maximum absolute atomic E-state index is 12.5. The molecule has 4 nitrogen and oxygen atoms in total. The van der Waals surface area contributed by atoms with E-state index in [0.717, 1.165) is 16.7 Å². The highest BCUT2D eigenvalue weighted by atomic mass is 16.4. The van der Waals surface area contributed by atoms with E-state index < -0.39 is 17.8 Å². The maximum atomic E-state index is 12.5. The number of hydrogen-bond donors (Lipinski definition) is 2. The third-order valence-electron chi connectivity index (χ3n) is 4.35. The zero-order valence-electron chi connectivity index (χ0n) is 13.3. The van der Waals surface area contributed by atoms with Crippen molar-refractivity contribution >= 4 is 11.9 Å². The first-order valence-corrected chi connectivity index (χ1v) is 7.65. The van der Waals surface area contributed by atoms with Crippen LogP contribution in [-0.2, 0) is 9.59 Å². The first kappa shape index (κ1) is 16.3. The number of allylic oxidation sites excluding steroid dienone is 2. The number of amides is 1. The molecule has 0 saturated carbocycles. The molecule has 2 rings (SSSR count). The molecule has 1 aromatic carbocycles. The Morgan fingerprint density at radius 2 is 1.82 bits per heavy atom. The minimum Gasteiger partial charge on any atom is -0.481 e. The SMILES string of the molecule is Cc1ccc(C)c([C@H](C)NC(=O)[C@@H]2CC=CC[C@H]2C(=O)O)c1. The standard InChI is InChI=1S/C18H23NO3/c1-11-8-9-12(2)16(10-11)13(3)19-17(20)14-6-4-5-7-15(14)18(21)22/h4-5,8-10,13-15H,6-7H2,1-3H3,(H,19,20)(H,21,22)/t13-,14+,15+/m0/s1. The molecule has 0 bridgehead atoms. The lowest BCUT2D eigenvalue weighted by atomic mass is 9.82. The third kappa shape index (κ3) is 3.56. The summed E-state index contributed by atoms with van der Waals surface area (Å²) in [5.41, 5.74) is 3.34.